The lowest BCUT2D eigenvalue weighted by Gasteiger charge is -2.43. The van der Waals surface area contributed by atoms with Crippen molar-refractivity contribution in [3.8, 4) is 17.2 Å². The highest BCUT2D eigenvalue weighted by Gasteiger charge is 2.40. The summed E-state index contributed by atoms with van der Waals surface area (Å²) in [5.74, 6) is -0.207. The lowest BCUT2D eigenvalue weighted by Crippen LogP contribution is -2.50. The van der Waals surface area contributed by atoms with E-state index < -0.39 is 17.4 Å². The van der Waals surface area contributed by atoms with Gasteiger partial charge in [-0.1, -0.05) is 24.3 Å². The molecular formula is C25H20F3N3O. The van der Waals surface area contributed by atoms with Gasteiger partial charge in [-0.15, -0.1) is 0 Å². The Kier molecular flexibility index (Phi) is 5.47. The summed E-state index contributed by atoms with van der Waals surface area (Å²) in [4.78, 5) is 16.3. The van der Waals surface area contributed by atoms with Gasteiger partial charge in [0.15, 0.2) is 0 Å². The van der Waals surface area contributed by atoms with Gasteiger partial charge < -0.3 is 5.32 Å². The van der Waals surface area contributed by atoms with Gasteiger partial charge in [-0.05, 0) is 73.2 Å². The number of aryl methyl sites for hydroxylation is 1. The fourth-order valence-electron chi connectivity index (χ4n) is 3.98. The number of aromatic nitrogens is 1. The summed E-state index contributed by atoms with van der Waals surface area (Å²) in [7, 11) is 0. The number of benzene rings is 2. The first-order valence-electron chi connectivity index (χ1n) is 10.2. The van der Waals surface area contributed by atoms with E-state index in [0.29, 0.717) is 22.3 Å². The van der Waals surface area contributed by atoms with Crippen molar-refractivity contribution in [2.24, 2.45) is 0 Å². The molecule has 4 nitrogen and oxygen atoms in total. The summed E-state index contributed by atoms with van der Waals surface area (Å²) in [6.07, 6.45) is -0.641. The quantitative estimate of drug-likeness (QED) is 0.567. The highest BCUT2D eigenvalue weighted by Crippen LogP contribution is 2.42. The maximum Gasteiger partial charge on any atom is 0.433 e. The largest absolute Gasteiger partial charge is 0.433 e. The zero-order valence-corrected chi connectivity index (χ0v) is 17.3. The number of rotatable bonds is 4. The van der Waals surface area contributed by atoms with E-state index in [2.05, 4.69) is 10.3 Å². The molecule has 1 saturated carbocycles. The summed E-state index contributed by atoms with van der Waals surface area (Å²) < 4.78 is 38.7. The monoisotopic (exact) mass is 435 g/mol. The van der Waals surface area contributed by atoms with Crippen LogP contribution in [0.5, 0.6) is 0 Å². The Morgan fingerprint density at radius 1 is 1.09 bits per heavy atom. The third kappa shape index (κ3) is 4.09. The van der Waals surface area contributed by atoms with E-state index in [0.717, 1.165) is 36.5 Å². The number of carbonyl (C=O) groups excluding carboxylic acids is 1. The van der Waals surface area contributed by atoms with Crippen LogP contribution in [0.4, 0.5) is 13.2 Å². The minimum atomic E-state index is -4.48. The van der Waals surface area contributed by atoms with Crippen LogP contribution in [0.25, 0.3) is 11.1 Å². The maximum atomic E-state index is 12.9. The Labute approximate surface area is 183 Å². The number of carbonyl (C=O) groups is 1. The van der Waals surface area contributed by atoms with Crippen LogP contribution < -0.4 is 5.32 Å². The molecule has 4 rings (SSSR count). The molecule has 1 amide bonds. The van der Waals surface area contributed by atoms with Crippen molar-refractivity contribution in [2.75, 3.05) is 0 Å². The predicted octanol–water partition coefficient (Wildman–Crippen LogP) is 5.76. The van der Waals surface area contributed by atoms with Crippen LogP contribution in [0.15, 0.2) is 60.8 Å². The summed E-state index contributed by atoms with van der Waals surface area (Å²) in [5.41, 5.74) is 2.43. The van der Waals surface area contributed by atoms with E-state index in [1.54, 1.807) is 31.2 Å². The molecule has 0 aliphatic heterocycles. The molecule has 1 fully saturated rings. The van der Waals surface area contributed by atoms with Crippen LogP contribution in [0, 0.1) is 18.3 Å². The van der Waals surface area contributed by atoms with E-state index in [9.17, 15) is 18.0 Å². The molecule has 0 atom stereocenters. The van der Waals surface area contributed by atoms with Gasteiger partial charge in [0.2, 0.25) is 0 Å². The van der Waals surface area contributed by atoms with Crippen molar-refractivity contribution < 1.29 is 18.0 Å². The molecule has 3 aromatic rings. The van der Waals surface area contributed by atoms with E-state index in [1.165, 1.54) is 6.20 Å². The molecule has 1 aliphatic rings. The summed E-state index contributed by atoms with van der Waals surface area (Å²) in [5, 5.41) is 12.1. The fraction of sp³-hybridized carbons (Fsp3) is 0.240. The molecule has 0 bridgehead atoms. The zero-order valence-electron chi connectivity index (χ0n) is 17.3. The third-order valence-corrected chi connectivity index (χ3v) is 5.99. The van der Waals surface area contributed by atoms with Gasteiger partial charge in [-0.2, -0.15) is 18.4 Å². The number of hydrogen-bond acceptors (Lipinski definition) is 3. The normalized spacial score (nSPS) is 14.8. The number of halogens is 3. The van der Waals surface area contributed by atoms with Crippen molar-refractivity contribution in [3.05, 3.63) is 88.7 Å². The first kappa shape index (κ1) is 21.6. The number of pyridine rings is 1. The number of nitrogens with zero attached hydrogens (tertiary/aromatic N) is 2. The molecule has 0 spiro atoms. The van der Waals surface area contributed by atoms with E-state index in [1.807, 2.05) is 30.3 Å². The second-order valence-corrected chi connectivity index (χ2v) is 8.04. The second-order valence-electron chi connectivity index (χ2n) is 8.04. The SMILES string of the molecule is Cc1cc(C(F)(F)F)ncc1-c1ccc(C2(NC(=O)c3ccc(C#N)cc3)CCC2)cc1. The Morgan fingerprint density at radius 2 is 1.75 bits per heavy atom. The Bertz CT molecular complexity index is 1190. The van der Waals surface area contributed by atoms with E-state index in [4.69, 9.17) is 5.26 Å². The van der Waals surface area contributed by atoms with Crippen LogP contribution in [0.3, 0.4) is 0 Å². The van der Waals surface area contributed by atoms with Crippen LogP contribution in [-0.4, -0.2) is 10.9 Å². The van der Waals surface area contributed by atoms with Crippen molar-refractivity contribution >= 4 is 5.91 Å². The minimum Gasteiger partial charge on any atom is -0.343 e. The van der Waals surface area contributed by atoms with Gasteiger partial charge in [-0.3, -0.25) is 9.78 Å². The van der Waals surface area contributed by atoms with Crippen LogP contribution in [0.2, 0.25) is 0 Å². The smallest absolute Gasteiger partial charge is 0.343 e. The van der Waals surface area contributed by atoms with E-state index in [-0.39, 0.29) is 5.91 Å². The molecule has 1 heterocycles. The van der Waals surface area contributed by atoms with Gasteiger partial charge in [0.25, 0.3) is 5.91 Å². The molecular weight excluding hydrogens is 415 g/mol. The predicted molar refractivity (Wildman–Crippen MR) is 114 cm³/mol. The number of nitriles is 1. The minimum absolute atomic E-state index is 0.207. The summed E-state index contributed by atoms with van der Waals surface area (Å²) >= 11 is 0. The average molecular weight is 435 g/mol. The van der Waals surface area contributed by atoms with Gasteiger partial charge >= 0.3 is 6.18 Å². The molecule has 2 aromatic carbocycles. The lowest BCUT2D eigenvalue weighted by atomic mass is 9.71. The molecule has 0 unspecified atom stereocenters. The third-order valence-electron chi connectivity index (χ3n) is 5.99. The van der Waals surface area contributed by atoms with Crippen LogP contribution >= 0.6 is 0 Å². The van der Waals surface area contributed by atoms with Crippen molar-refractivity contribution in [1.29, 1.82) is 5.26 Å². The second kappa shape index (κ2) is 8.12. The lowest BCUT2D eigenvalue weighted by molar-refractivity contribution is -0.141. The first-order valence-corrected chi connectivity index (χ1v) is 10.2. The van der Waals surface area contributed by atoms with Gasteiger partial charge in [0.05, 0.1) is 17.2 Å². The summed E-state index contributed by atoms with van der Waals surface area (Å²) in [6, 6.07) is 17.1. The van der Waals surface area contributed by atoms with Gasteiger partial charge in [0.1, 0.15) is 5.69 Å². The molecule has 0 radical (unpaired) electrons. The van der Waals surface area contributed by atoms with E-state index >= 15 is 0 Å². The maximum absolute atomic E-state index is 12.9. The number of alkyl halides is 3. The molecule has 1 N–H and O–H groups in total. The number of nitrogens with one attached hydrogen (secondary N) is 1. The Balaban J connectivity index is 1.56. The molecule has 7 heteroatoms. The van der Waals surface area contributed by atoms with Crippen molar-refractivity contribution in [2.45, 2.75) is 37.9 Å². The first-order chi connectivity index (χ1) is 15.2. The van der Waals surface area contributed by atoms with Crippen LogP contribution in [-0.2, 0) is 11.7 Å². The fourth-order valence-corrected chi connectivity index (χ4v) is 3.98. The average Bonchev–Trinajstić information content (AvgIpc) is 2.76. The topological polar surface area (TPSA) is 65.8 Å². The van der Waals surface area contributed by atoms with Gasteiger partial charge in [-0.25, -0.2) is 0 Å². The molecule has 1 aliphatic carbocycles. The standard InChI is InChI=1S/C25H20F3N3O/c1-16-13-22(25(26,27)28)30-15-21(16)18-7-9-20(10-8-18)24(11-2-12-24)31-23(32)19-5-3-17(14-29)4-6-19/h3-10,13,15H,2,11-12H2,1H3,(H,31,32). The highest BCUT2D eigenvalue weighted by molar-refractivity contribution is 5.95. The van der Waals surface area contributed by atoms with Crippen molar-refractivity contribution in [3.63, 3.8) is 0 Å². The molecule has 32 heavy (non-hydrogen) atoms. The van der Waals surface area contributed by atoms with Gasteiger partial charge in [0, 0.05) is 17.3 Å². The summed E-state index contributed by atoms with van der Waals surface area (Å²) in [6.45, 7) is 1.63. The highest BCUT2D eigenvalue weighted by atomic mass is 19.4. The Hall–Kier alpha value is -3.66. The van der Waals surface area contributed by atoms with Crippen LogP contribution in [0.1, 0.15) is 52.0 Å². The number of amides is 1. The Morgan fingerprint density at radius 3 is 2.25 bits per heavy atom. The number of hydrogen-bond donors (Lipinski definition) is 1. The molecule has 0 saturated heterocycles. The molecule has 1 aromatic heterocycles. The molecule has 162 valence electrons. The van der Waals surface area contributed by atoms with Crippen molar-refractivity contribution in [1.82, 2.24) is 10.3 Å². The zero-order chi connectivity index (χ0) is 22.9.